The van der Waals surface area contributed by atoms with Crippen LogP contribution >= 0.6 is 15.9 Å². The van der Waals surface area contributed by atoms with Crippen molar-refractivity contribution >= 4 is 27.7 Å². The summed E-state index contributed by atoms with van der Waals surface area (Å²) in [5.41, 5.74) is 1.18. The van der Waals surface area contributed by atoms with E-state index in [1.165, 1.54) is 24.5 Å². The number of nitrogens with zero attached hydrogens (tertiary/aromatic N) is 2. The number of aryl methyl sites for hydroxylation is 1. The molecule has 1 aromatic heterocycles. The predicted molar refractivity (Wildman–Crippen MR) is 70.5 cm³/mol. The van der Waals surface area contributed by atoms with Crippen LogP contribution in [0.25, 0.3) is 0 Å². The number of carbonyl (C=O) groups is 1. The van der Waals surface area contributed by atoms with Crippen molar-refractivity contribution in [3.63, 3.8) is 0 Å². The highest BCUT2D eigenvalue weighted by molar-refractivity contribution is 9.10. The van der Waals surface area contributed by atoms with Crippen LogP contribution in [0.4, 0.5) is 5.82 Å². The lowest BCUT2D eigenvalue weighted by Crippen LogP contribution is -2.14. The molecular formula is C12H10BrN3O2. The van der Waals surface area contributed by atoms with Gasteiger partial charge in [-0.1, -0.05) is 0 Å². The zero-order chi connectivity index (χ0) is 13.1. The van der Waals surface area contributed by atoms with Crippen LogP contribution in [-0.4, -0.2) is 21.0 Å². The molecule has 18 heavy (non-hydrogen) atoms. The molecule has 0 aliphatic carbocycles. The molecule has 1 heterocycles. The fourth-order valence-electron chi connectivity index (χ4n) is 1.46. The van der Waals surface area contributed by atoms with Gasteiger partial charge in [0.15, 0.2) is 5.82 Å². The minimum absolute atomic E-state index is 0.132. The first-order valence-corrected chi connectivity index (χ1v) is 5.94. The zero-order valence-electron chi connectivity index (χ0n) is 9.51. The molecule has 1 aromatic carbocycles. The van der Waals surface area contributed by atoms with E-state index < -0.39 is 0 Å². The van der Waals surface area contributed by atoms with Gasteiger partial charge in [-0.3, -0.25) is 4.79 Å². The summed E-state index contributed by atoms with van der Waals surface area (Å²) in [5, 5.41) is 11.9. The van der Waals surface area contributed by atoms with Crippen molar-refractivity contribution in [3.8, 4) is 5.75 Å². The molecule has 6 heteroatoms. The third-order valence-electron chi connectivity index (χ3n) is 2.32. The topological polar surface area (TPSA) is 75.1 Å². The highest BCUT2D eigenvalue weighted by atomic mass is 79.9. The largest absolute Gasteiger partial charge is 0.508 e. The molecule has 0 spiro atoms. The minimum Gasteiger partial charge on any atom is -0.508 e. The smallest absolute Gasteiger partial charge is 0.257 e. The average Bonchev–Trinajstić information content (AvgIpc) is 2.32. The second kappa shape index (κ2) is 5.14. The van der Waals surface area contributed by atoms with Crippen LogP contribution in [0.5, 0.6) is 5.75 Å². The van der Waals surface area contributed by atoms with Crippen LogP contribution in [0.15, 0.2) is 35.2 Å². The number of phenols is 1. The summed E-state index contributed by atoms with van der Waals surface area (Å²) in [6.45, 7) is 1.75. The Bertz CT molecular complexity index is 584. The van der Waals surface area contributed by atoms with E-state index >= 15 is 0 Å². The number of aromatic hydroxyl groups is 1. The molecule has 0 fully saturated rings. The summed E-state index contributed by atoms with van der Waals surface area (Å²) in [6.07, 6.45) is 2.96. The first-order chi connectivity index (χ1) is 8.56. The van der Waals surface area contributed by atoms with Crippen molar-refractivity contribution in [2.24, 2.45) is 0 Å². The molecule has 92 valence electrons. The van der Waals surface area contributed by atoms with Crippen LogP contribution in [0.1, 0.15) is 15.9 Å². The molecule has 0 saturated carbocycles. The summed E-state index contributed by atoms with van der Waals surface area (Å²) < 4.78 is 0.598. The molecule has 0 aliphatic rings. The van der Waals surface area contributed by atoms with E-state index in [1.807, 2.05) is 0 Å². The van der Waals surface area contributed by atoms with Crippen LogP contribution in [0.2, 0.25) is 0 Å². The number of benzene rings is 1. The molecule has 5 nitrogen and oxygen atoms in total. The van der Waals surface area contributed by atoms with E-state index in [0.717, 1.165) is 0 Å². The molecule has 0 atom stereocenters. The van der Waals surface area contributed by atoms with Gasteiger partial charge in [0, 0.05) is 5.56 Å². The summed E-state index contributed by atoms with van der Waals surface area (Å²) in [5.74, 6) is 0.215. The summed E-state index contributed by atoms with van der Waals surface area (Å²) in [4.78, 5) is 19.9. The summed E-state index contributed by atoms with van der Waals surface area (Å²) in [7, 11) is 0. The van der Waals surface area contributed by atoms with Gasteiger partial charge in [0.2, 0.25) is 0 Å². The second-order valence-corrected chi connectivity index (χ2v) is 4.49. The van der Waals surface area contributed by atoms with Crippen molar-refractivity contribution in [3.05, 3.63) is 46.3 Å². The van der Waals surface area contributed by atoms with E-state index in [1.54, 1.807) is 13.0 Å². The Balaban J connectivity index is 2.19. The zero-order valence-corrected chi connectivity index (χ0v) is 11.1. The van der Waals surface area contributed by atoms with Crippen molar-refractivity contribution in [1.82, 2.24) is 9.97 Å². The summed E-state index contributed by atoms with van der Waals surface area (Å²) >= 11 is 3.16. The van der Waals surface area contributed by atoms with Crippen LogP contribution in [0, 0.1) is 6.92 Å². The van der Waals surface area contributed by atoms with Crippen molar-refractivity contribution in [1.29, 1.82) is 0 Å². The third kappa shape index (κ3) is 2.84. The molecule has 2 rings (SSSR count). The standard InChI is InChI=1S/C12H10BrN3O2/c1-7-4-8(17)2-3-9(7)12(18)16-11-6-14-10(13)5-15-11/h2-6,17H,1H3,(H,15,16,18). The van der Waals surface area contributed by atoms with Crippen LogP contribution in [0.3, 0.4) is 0 Å². The normalized spacial score (nSPS) is 10.1. The lowest BCUT2D eigenvalue weighted by molar-refractivity contribution is 0.102. The third-order valence-corrected chi connectivity index (χ3v) is 2.73. The predicted octanol–water partition coefficient (Wildman–Crippen LogP) is 2.51. The first-order valence-electron chi connectivity index (χ1n) is 5.15. The van der Waals surface area contributed by atoms with Gasteiger partial charge in [-0.05, 0) is 46.6 Å². The molecule has 0 bridgehead atoms. The fourth-order valence-corrected chi connectivity index (χ4v) is 1.67. The van der Waals surface area contributed by atoms with E-state index in [2.05, 4.69) is 31.2 Å². The second-order valence-electron chi connectivity index (χ2n) is 3.68. The van der Waals surface area contributed by atoms with E-state index in [9.17, 15) is 9.90 Å². The van der Waals surface area contributed by atoms with Crippen molar-refractivity contribution in [2.45, 2.75) is 6.92 Å². The molecule has 0 radical (unpaired) electrons. The number of hydrogen-bond donors (Lipinski definition) is 2. The average molecular weight is 308 g/mol. The highest BCUT2D eigenvalue weighted by Gasteiger charge is 2.10. The molecular weight excluding hydrogens is 298 g/mol. The summed E-state index contributed by atoms with van der Waals surface area (Å²) in [6, 6.07) is 4.56. The molecule has 0 aliphatic heterocycles. The number of amides is 1. The fraction of sp³-hybridized carbons (Fsp3) is 0.0833. The van der Waals surface area contributed by atoms with Gasteiger partial charge in [0.05, 0.1) is 12.4 Å². The number of carbonyl (C=O) groups excluding carboxylic acids is 1. The Morgan fingerprint density at radius 1 is 1.33 bits per heavy atom. The number of phenolic OH excluding ortho intramolecular Hbond substituents is 1. The van der Waals surface area contributed by atoms with Crippen molar-refractivity contribution in [2.75, 3.05) is 5.32 Å². The molecule has 2 N–H and O–H groups in total. The Morgan fingerprint density at radius 2 is 2.11 bits per heavy atom. The van der Waals surface area contributed by atoms with E-state index in [0.29, 0.717) is 21.5 Å². The number of halogens is 1. The number of rotatable bonds is 2. The van der Waals surface area contributed by atoms with Gasteiger partial charge >= 0.3 is 0 Å². The maximum atomic E-state index is 12.0. The first kappa shape index (κ1) is 12.5. The van der Waals surface area contributed by atoms with Gasteiger partial charge in [0.25, 0.3) is 5.91 Å². The van der Waals surface area contributed by atoms with Crippen LogP contribution in [-0.2, 0) is 0 Å². The number of nitrogens with one attached hydrogen (secondary N) is 1. The van der Waals surface area contributed by atoms with Crippen molar-refractivity contribution < 1.29 is 9.90 Å². The Kier molecular flexibility index (Phi) is 3.57. The van der Waals surface area contributed by atoms with E-state index in [4.69, 9.17) is 0 Å². The maximum absolute atomic E-state index is 12.0. The molecule has 1 amide bonds. The van der Waals surface area contributed by atoms with Gasteiger partial charge in [-0.25, -0.2) is 9.97 Å². The van der Waals surface area contributed by atoms with Crippen LogP contribution < -0.4 is 5.32 Å². The quantitative estimate of drug-likeness (QED) is 0.894. The molecule has 2 aromatic rings. The van der Waals surface area contributed by atoms with Gasteiger partial charge in [-0.2, -0.15) is 0 Å². The minimum atomic E-state index is -0.288. The van der Waals surface area contributed by atoms with Gasteiger partial charge in [0.1, 0.15) is 10.4 Å². The lowest BCUT2D eigenvalue weighted by atomic mass is 10.1. The monoisotopic (exact) mass is 307 g/mol. The Morgan fingerprint density at radius 3 is 2.72 bits per heavy atom. The maximum Gasteiger partial charge on any atom is 0.257 e. The number of aromatic nitrogens is 2. The number of hydrogen-bond acceptors (Lipinski definition) is 4. The SMILES string of the molecule is Cc1cc(O)ccc1C(=O)Nc1cnc(Br)cn1. The Hall–Kier alpha value is -1.95. The molecule has 0 saturated heterocycles. The van der Waals surface area contributed by atoms with Gasteiger partial charge < -0.3 is 10.4 Å². The van der Waals surface area contributed by atoms with E-state index in [-0.39, 0.29) is 11.7 Å². The number of anilines is 1. The lowest BCUT2D eigenvalue weighted by Gasteiger charge is -2.07. The highest BCUT2D eigenvalue weighted by Crippen LogP contribution is 2.17. The molecule has 0 unspecified atom stereocenters. The Labute approximate surface area is 112 Å². The van der Waals surface area contributed by atoms with Gasteiger partial charge in [-0.15, -0.1) is 0 Å².